The summed E-state index contributed by atoms with van der Waals surface area (Å²) in [5.74, 6) is -0.219. The second-order valence-corrected chi connectivity index (χ2v) is 5.65. The van der Waals surface area contributed by atoms with E-state index in [4.69, 9.17) is 4.18 Å². The molecule has 0 aliphatic rings. The molecule has 0 aliphatic carbocycles. The van der Waals surface area contributed by atoms with Crippen molar-refractivity contribution in [1.82, 2.24) is 4.98 Å². The average Bonchev–Trinajstić information content (AvgIpc) is 2.58. The summed E-state index contributed by atoms with van der Waals surface area (Å²) < 4.78 is 28.4. The number of rotatable bonds is 4. The minimum Gasteiger partial charge on any atom is -0.351 e. The lowest BCUT2D eigenvalue weighted by atomic mass is 10.3. The number of aromatic nitrogens is 1. The van der Waals surface area contributed by atoms with Gasteiger partial charge in [0, 0.05) is 0 Å². The molecule has 0 saturated carbocycles. The van der Waals surface area contributed by atoms with Crippen LogP contribution in [0.15, 0.2) is 36.9 Å². The lowest BCUT2D eigenvalue weighted by Gasteiger charge is -1.98. The molecule has 0 unspecified atom stereocenters. The van der Waals surface area contributed by atoms with Gasteiger partial charge in [-0.15, -0.1) is 6.58 Å². The standard InChI is InChI=1S/C10H9NO3S2/c1-2-7-16(12,13)14-10-11-8-5-3-4-6-9(8)15-10/h2-6H,1,7H2. The van der Waals surface area contributed by atoms with Gasteiger partial charge in [-0.2, -0.15) is 8.42 Å². The number of para-hydroxylation sites is 1. The van der Waals surface area contributed by atoms with Gasteiger partial charge < -0.3 is 4.18 Å². The number of thiazole rings is 1. The van der Waals surface area contributed by atoms with Crippen molar-refractivity contribution in [3.63, 3.8) is 0 Å². The Morgan fingerprint density at radius 1 is 1.44 bits per heavy atom. The lowest BCUT2D eigenvalue weighted by molar-refractivity contribution is 0.488. The lowest BCUT2D eigenvalue weighted by Crippen LogP contribution is -2.11. The van der Waals surface area contributed by atoms with Crippen LogP contribution in [0.25, 0.3) is 10.2 Å². The quantitative estimate of drug-likeness (QED) is 0.620. The largest absolute Gasteiger partial charge is 0.351 e. The molecule has 0 N–H and O–H groups in total. The van der Waals surface area contributed by atoms with E-state index in [0.717, 1.165) is 10.2 Å². The van der Waals surface area contributed by atoms with Crippen LogP contribution in [-0.2, 0) is 10.1 Å². The van der Waals surface area contributed by atoms with Crippen LogP contribution in [0.4, 0.5) is 0 Å². The van der Waals surface area contributed by atoms with Crippen molar-refractivity contribution in [2.24, 2.45) is 0 Å². The van der Waals surface area contributed by atoms with Gasteiger partial charge in [-0.25, -0.2) is 4.98 Å². The van der Waals surface area contributed by atoms with Gasteiger partial charge in [-0.3, -0.25) is 0 Å². The van der Waals surface area contributed by atoms with Crippen molar-refractivity contribution in [3.8, 4) is 5.19 Å². The van der Waals surface area contributed by atoms with Crippen molar-refractivity contribution in [2.45, 2.75) is 0 Å². The van der Waals surface area contributed by atoms with E-state index in [9.17, 15) is 8.42 Å². The maximum absolute atomic E-state index is 11.3. The third-order valence-electron chi connectivity index (χ3n) is 1.79. The molecule has 0 bridgehead atoms. The minimum atomic E-state index is -3.60. The molecule has 16 heavy (non-hydrogen) atoms. The molecule has 1 heterocycles. The van der Waals surface area contributed by atoms with E-state index in [1.807, 2.05) is 18.2 Å². The van der Waals surface area contributed by atoms with Crippen molar-refractivity contribution in [2.75, 3.05) is 5.75 Å². The fourth-order valence-corrected chi connectivity index (χ4v) is 2.93. The predicted octanol–water partition coefficient (Wildman–Crippen LogP) is 2.19. The third kappa shape index (κ3) is 2.40. The molecule has 1 aromatic carbocycles. The molecule has 0 spiro atoms. The molecular weight excluding hydrogens is 246 g/mol. The van der Waals surface area contributed by atoms with Gasteiger partial charge in [0.25, 0.3) is 5.19 Å². The SMILES string of the molecule is C=CCS(=O)(=O)Oc1nc2ccccc2s1. The van der Waals surface area contributed by atoms with Gasteiger partial charge in [0.05, 0.1) is 10.2 Å². The normalized spacial score (nSPS) is 11.5. The van der Waals surface area contributed by atoms with Crippen LogP contribution in [0.3, 0.4) is 0 Å². The Morgan fingerprint density at radius 2 is 2.19 bits per heavy atom. The van der Waals surface area contributed by atoms with Crippen LogP contribution in [0.2, 0.25) is 0 Å². The number of hydrogen-bond acceptors (Lipinski definition) is 5. The average molecular weight is 255 g/mol. The zero-order chi connectivity index (χ0) is 11.6. The molecule has 1 aromatic heterocycles. The Hall–Kier alpha value is -1.40. The molecule has 0 aliphatic heterocycles. The van der Waals surface area contributed by atoms with E-state index in [0.29, 0.717) is 0 Å². The summed E-state index contributed by atoms with van der Waals surface area (Å²) in [6.45, 7) is 3.35. The molecular formula is C10H9NO3S2. The Kier molecular flexibility index (Phi) is 2.93. The number of nitrogens with zero attached hydrogens (tertiary/aromatic N) is 1. The van der Waals surface area contributed by atoms with Crippen LogP contribution >= 0.6 is 11.3 Å². The summed E-state index contributed by atoms with van der Waals surface area (Å²) in [6, 6.07) is 7.37. The molecule has 2 aromatic rings. The summed E-state index contributed by atoms with van der Waals surface area (Å²) in [4.78, 5) is 4.06. The zero-order valence-electron chi connectivity index (χ0n) is 8.29. The van der Waals surface area contributed by atoms with Crippen LogP contribution in [-0.4, -0.2) is 19.2 Å². The monoisotopic (exact) mass is 255 g/mol. The Morgan fingerprint density at radius 3 is 2.88 bits per heavy atom. The molecule has 2 rings (SSSR count). The smallest absolute Gasteiger partial charge is 0.314 e. The first-order valence-electron chi connectivity index (χ1n) is 4.49. The maximum atomic E-state index is 11.3. The number of benzene rings is 1. The Balaban J connectivity index is 2.31. The van der Waals surface area contributed by atoms with Crippen molar-refractivity contribution < 1.29 is 12.6 Å². The fraction of sp³-hybridized carbons (Fsp3) is 0.100. The second kappa shape index (κ2) is 4.23. The van der Waals surface area contributed by atoms with E-state index >= 15 is 0 Å². The molecule has 0 fully saturated rings. The first-order valence-corrected chi connectivity index (χ1v) is 6.89. The van der Waals surface area contributed by atoms with Gasteiger partial charge in [0.2, 0.25) is 0 Å². The van der Waals surface area contributed by atoms with Crippen LogP contribution in [0, 0.1) is 0 Å². The van der Waals surface area contributed by atoms with Crippen molar-refractivity contribution >= 4 is 31.7 Å². The van der Waals surface area contributed by atoms with Gasteiger partial charge in [0.1, 0.15) is 5.75 Å². The van der Waals surface area contributed by atoms with Crippen molar-refractivity contribution in [3.05, 3.63) is 36.9 Å². The zero-order valence-corrected chi connectivity index (χ0v) is 9.92. The predicted molar refractivity (Wildman–Crippen MR) is 64.2 cm³/mol. The van der Waals surface area contributed by atoms with Crippen LogP contribution in [0.1, 0.15) is 0 Å². The molecule has 0 atom stereocenters. The summed E-state index contributed by atoms with van der Waals surface area (Å²) in [7, 11) is -3.60. The highest BCUT2D eigenvalue weighted by Crippen LogP contribution is 2.28. The summed E-state index contributed by atoms with van der Waals surface area (Å²) in [6.07, 6.45) is 1.28. The highest BCUT2D eigenvalue weighted by atomic mass is 32.2. The summed E-state index contributed by atoms with van der Waals surface area (Å²) >= 11 is 1.20. The molecule has 84 valence electrons. The third-order valence-corrected chi connectivity index (χ3v) is 3.87. The molecule has 6 heteroatoms. The highest BCUT2D eigenvalue weighted by molar-refractivity contribution is 7.87. The number of fused-ring (bicyclic) bond motifs is 1. The van der Waals surface area contributed by atoms with Gasteiger partial charge in [-0.05, 0) is 12.1 Å². The molecule has 0 radical (unpaired) electrons. The topological polar surface area (TPSA) is 56.3 Å². The fourth-order valence-electron chi connectivity index (χ4n) is 1.17. The summed E-state index contributed by atoms with van der Waals surface area (Å²) in [5.41, 5.74) is 0.733. The summed E-state index contributed by atoms with van der Waals surface area (Å²) in [5, 5.41) is 0.142. The van der Waals surface area contributed by atoms with Gasteiger partial charge in [0.15, 0.2) is 0 Å². The second-order valence-electron chi connectivity index (χ2n) is 3.04. The van der Waals surface area contributed by atoms with Crippen LogP contribution in [0.5, 0.6) is 5.19 Å². The van der Waals surface area contributed by atoms with E-state index in [2.05, 4.69) is 11.6 Å². The maximum Gasteiger partial charge on any atom is 0.314 e. The van der Waals surface area contributed by atoms with Crippen LogP contribution < -0.4 is 4.18 Å². The molecule has 4 nitrogen and oxygen atoms in total. The van der Waals surface area contributed by atoms with E-state index in [-0.39, 0.29) is 10.9 Å². The van der Waals surface area contributed by atoms with E-state index < -0.39 is 10.1 Å². The molecule has 0 amide bonds. The van der Waals surface area contributed by atoms with E-state index in [1.165, 1.54) is 17.4 Å². The molecule has 0 saturated heterocycles. The van der Waals surface area contributed by atoms with Gasteiger partial charge >= 0.3 is 10.1 Å². The Labute approximate surface area is 97.3 Å². The number of hydrogen-bond donors (Lipinski definition) is 0. The minimum absolute atomic E-state index is 0.142. The highest BCUT2D eigenvalue weighted by Gasteiger charge is 2.13. The first kappa shape index (κ1) is 11.1. The van der Waals surface area contributed by atoms with Gasteiger partial charge in [-0.1, -0.05) is 29.5 Å². The van der Waals surface area contributed by atoms with Crippen molar-refractivity contribution in [1.29, 1.82) is 0 Å². The Bertz CT molecular complexity index is 583. The first-order chi connectivity index (χ1) is 7.61. The van der Waals surface area contributed by atoms with E-state index in [1.54, 1.807) is 6.07 Å².